The molecule has 0 saturated heterocycles. The van der Waals surface area contributed by atoms with E-state index in [-0.39, 0.29) is 5.54 Å². The molecule has 1 atom stereocenters. The molecule has 0 aromatic carbocycles. The van der Waals surface area contributed by atoms with E-state index in [1.54, 1.807) is 0 Å². The summed E-state index contributed by atoms with van der Waals surface area (Å²) < 4.78 is 0. The van der Waals surface area contributed by atoms with Gasteiger partial charge in [-0.05, 0) is 32.6 Å². The Bertz CT molecular complexity index is 430. The molecule has 2 nitrogen and oxygen atoms in total. The third-order valence-electron chi connectivity index (χ3n) is 8.78. The maximum atomic E-state index is 8.80. The van der Waals surface area contributed by atoms with Crippen LogP contribution in [0.4, 0.5) is 0 Å². The van der Waals surface area contributed by atoms with Gasteiger partial charge in [-0.25, -0.2) is 0 Å². The van der Waals surface area contributed by atoms with Gasteiger partial charge < -0.3 is 10.8 Å². The second kappa shape index (κ2) is 29.9. The molecule has 2 heteroatoms. The van der Waals surface area contributed by atoms with Crippen LogP contribution in [0.5, 0.6) is 0 Å². The van der Waals surface area contributed by atoms with Crippen molar-refractivity contribution in [2.24, 2.45) is 11.7 Å². The molecule has 0 rings (SSSR count). The third-order valence-corrected chi connectivity index (χ3v) is 8.78. The Morgan fingerprint density at radius 3 is 0.974 bits per heavy atom. The molecule has 0 aromatic rings. The number of hydrogen-bond donors (Lipinski definition) is 2. The molecule has 0 amide bonds. The van der Waals surface area contributed by atoms with Crippen molar-refractivity contribution in [2.45, 2.75) is 219 Å². The first-order chi connectivity index (χ1) is 18.5. The highest BCUT2D eigenvalue weighted by Crippen LogP contribution is 2.22. The van der Waals surface area contributed by atoms with Crippen molar-refractivity contribution in [3.05, 3.63) is 0 Å². The molecular formula is C36H75NO. The highest BCUT2D eigenvalue weighted by atomic mass is 16.2. The highest BCUT2D eigenvalue weighted by molar-refractivity contribution is 4.70. The molecule has 0 aliphatic heterocycles. The number of unbranched alkanes of at least 4 members (excludes halogenated alkanes) is 24. The van der Waals surface area contributed by atoms with Crippen molar-refractivity contribution < 1.29 is 5.11 Å². The minimum atomic E-state index is 0.0271. The number of aliphatic hydroxyl groups excluding tert-OH is 1. The third kappa shape index (κ3) is 32.1. The summed E-state index contributed by atoms with van der Waals surface area (Å²) in [5, 5.41) is 8.80. The number of hydrogen-bond acceptors (Lipinski definition) is 2. The summed E-state index contributed by atoms with van der Waals surface area (Å²) in [4.78, 5) is 0. The quantitative estimate of drug-likeness (QED) is 0.0838. The average molecular weight is 538 g/mol. The van der Waals surface area contributed by atoms with Crippen LogP contribution in [-0.2, 0) is 0 Å². The predicted molar refractivity (Wildman–Crippen MR) is 173 cm³/mol. The standard InChI is InChI=1S/C36H75NO/c1-4-35(31-27-23-19-15-11-7-5-6-10-14-18-22-26-30-34-38)32-28-24-20-16-12-8-9-13-17-21-25-29-33-36(2,3)37/h35,38H,4-34,37H2,1-3H3. The zero-order valence-electron chi connectivity index (χ0n) is 27.0. The lowest BCUT2D eigenvalue weighted by Crippen LogP contribution is -2.31. The first kappa shape index (κ1) is 37.9. The Labute approximate surface area is 242 Å². The molecule has 1 unspecified atom stereocenters. The Hall–Kier alpha value is -0.0800. The molecule has 0 spiro atoms. The monoisotopic (exact) mass is 538 g/mol. The number of aliphatic hydroxyl groups is 1. The van der Waals surface area contributed by atoms with Crippen LogP contribution in [0.25, 0.3) is 0 Å². The van der Waals surface area contributed by atoms with E-state index in [0.717, 1.165) is 12.3 Å². The molecule has 0 saturated carbocycles. The van der Waals surface area contributed by atoms with Crippen LogP contribution in [0.1, 0.15) is 213 Å². The second-order valence-corrected chi connectivity index (χ2v) is 13.5. The van der Waals surface area contributed by atoms with Crippen LogP contribution in [0, 0.1) is 5.92 Å². The van der Waals surface area contributed by atoms with Crippen LogP contribution in [0.15, 0.2) is 0 Å². The molecule has 0 heterocycles. The van der Waals surface area contributed by atoms with Crippen molar-refractivity contribution >= 4 is 0 Å². The average Bonchev–Trinajstić information content (AvgIpc) is 2.89. The molecule has 0 fully saturated rings. The first-order valence-corrected chi connectivity index (χ1v) is 17.9. The first-order valence-electron chi connectivity index (χ1n) is 17.9. The summed E-state index contributed by atoms with van der Waals surface area (Å²) >= 11 is 0. The summed E-state index contributed by atoms with van der Waals surface area (Å²) in [7, 11) is 0. The normalized spacial score (nSPS) is 12.9. The molecule has 230 valence electrons. The molecule has 0 radical (unpaired) electrons. The number of rotatable bonds is 32. The zero-order valence-corrected chi connectivity index (χ0v) is 27.0. The summed E-state index contributed by atoms with van der Waals surface area (Å²) in [5.74, 6) is 0.995. The van der Waals surface area contributed by atoms with Gasteiger partial charge in [0.2, 0.25) is 0 Å². The molecule has 3 N–H and O–H groups in total. The SMILES string of the molecule is CCC(CCCCCCCCCCCCCCCCO)CCCCCCCCCCCCCCC(C)(C)N. The lowest BCUT2D eigenvalue weighted by Gasteiger charge is -2.17. The zero-order chi connectivity index (χ0) is 28.0. The van der Waals surface area contributed by atoms with Crippen LogP contribution in [-0.4, -0.2) is 17.3 Å². The molecular weight excluding hydrogens is 462 g/mol. The van der Waals surface area contributed by atoms with Crippen molar-refractivity contribution in [1.82, 2.24) is 0 Å². The Morgan fingerprint density at radius 2 is 0.711 bits per heavy atom. The van der Waals surface area contributed by atoms with Gasteiger partial charge >= 0.3 is 0 Å². The smallest absolute Gasteiger partial charge is 0.0431 e. The minimum absolute atomic E-state index is 0.0271. The highest BCUT2D eigenvalue weighted by Gasteiger charge is 2.09. The van der Waals surface area contributed by atoms with Gasteiger partial charge in [-0.2, -0.15) is 0 Å². The van der Waals surface area contributed by atoms with E-state index in [9.17, 15) is 0 Å². The van der Waals surface area contributed by atoms with Gasteiger partial charge in [-0.15, -0.1) is 0 Å². The largest absolute Gasteiger partial charge is 0.396 e. The Balaban J connectivity index is 3.28. The van der Waals surface area contributed by atoms with Crippen LogP contribution >= 0.6 is 0 Å². The van der Waals surface area contributed by atoms with E-state index in [1.165, 1.54) is 186 Å². The van der Waals surface area contributed by atoms with E-state index < -0.39 is 0 Å². The van der Waals surface area contributed by atoms with Gasteiger partial charge in [-0.1, -0.05) is 187 Å². The van der Waals surface area contributed by atoms with E-state index in [4.69, 9.17) is 10.8 Å². The summed E-state index contributed by atoms with van der Waals surface area (Å²) in [5.41, 5.74) is 6.08. The van der Waals surface area contributed by atoms with Gasteiger partial charge in [0, 0.05) is 12.1 Å². The molecule has 0 aliphatic rings. The van der Waals surface area contributed by atoms with Gasteiger partial charge in [0.15, 0.2) is 0 Å². The summed E-state index contributed by atoms with van der Waals surface area (Å²) in [6.45, 7) is 7.08. The van der Waals surface area contributed by atoms with Crippen molar-refractivity contribution in [2.75, 3.05) is 6.61 Å². The van der Waals surface area contributed by atoms with Gasteiger partial charge in [0.1, 0.15) is 0 Å². The van der Waals surface area contributed by atoms with Gasteiger partial charge in [0.05, 0.1) is 0 Å². The molecule has 0 aromatic heterocycles. The summed E-state index contributed by atoms with van der Waals surface area (Å²) in [6, 6.07) is 0. The maximum absolute atomic E-state index is 8.80. The number of nitrogens with two attached hydrogens (primary N) is 1. The van der Waals surface area contributed by atoms with Crippen LogP contribution in [0.2, 0.25) is 0 Å². The lowest BCUT2D eigenvalue weighted by atomic mass is 9.92. The fourth-order valence-corrected chi connectivity index (χ4v) is 6.00. The summed E-state index contributed by atoms with van der Waals surface area (Å²) in [6.07, 6.45) is 42.1. The fraction of sp³-hybridized carbons (Fsp3) is 1.00. The Morgan fingerprint density at radius 1 is 0.447 bits per heavy atom. The Kier molecular flexibility index (Phi) is 29.8. The maximum Gasteiger partial charge on any atom is 0.0431 e. The van der Waals surface area contributed by atoms with Crippen LogP contribution < -0.4 is 5.73 Å². The minimum Gasteiger partial charge on any atom is -0.396 e. The fourth-order valence-electron chi connectivity index (χ4n) is 6.00. The van der Waals surface area contributed by atoms with E-state index in [1.807, 2.05) is 0 Å². The molecule has 38 heavy (non-hydrogen) atoms. The molecule has 0 bridgehead atoms. The second-order valence-electron chi connectivity index (χ2n) is 13.5. The predicted octanol–water partition coefficient (Wildman–Crippen LogP) is 12.1. The molecule has 0 aliphatic carbocycles. The lowest BCUT2D eigenvalue weighted by molar-refractivity contribution is 0.282. The van der Waals surface area contributed by atoms with Gasteiger partial charge in [-0.3, -0.25) is 0 Å². The van der Waals surface area contributed by atoms with E-state index in [0.29, 0.717) is 6.61 Å². The van der Waals surface area contributed by atoms with Crippen molar-refractivity contribution in [3.63, 3.8) is 0 Å². The topological polar surface area (TPSA) is 46.2 Å². The van der Waals surface area contributed by atoms with E-state index >= 15 is 0 Å². The van der Waals surface area contributed by atoms with Crippen molar-refractivity contribution in [3.8, 4) is 0 Å². The van der Waals surface area contributed by atoms with Gasteiger partial charge in [0.25, 0.3) is 0 Å². The van der Waals surface area contributed by atoms with Crippen molar-refractivity contribution in [1.29, 1.82) is 0 Å². The van der Waals surface area contributed by atoms with E-state index in [2.05, 4.69) is 20.8 Å². The van der Waals surface area contributed by atoms with Crippen LogP contribution in [0.3, 0.4) is 0 Å².